The minimum absolute atomic E-state index is 0.0467. The molecule has 2 aliphatic rings. The number of likely N-dealkylation sites (tertiary alicyclic amines) is 1. The number of benzene rings is 1. The average molecular weight is 467 g/mol. The number of alkyl halides is 1. The molecular formula is C21H25ClF2N6O2. The smallest absolute Gasteiger partial charge is 0.244 e. The Morgan fingerprint density at radius 2 is 2.16 bits per heavy atom. The number of aromatic nitrogens is 3. The Bertz CT molecular complexity index is 1010. The highest BCUT2D eigenvalue weighted by atomic mass is 35.5. The van der Waals surface area contributed by atoms with Crippen molar-refractivity contribution in [2.75, 3.05) is 6.54 Å². The van der Waals surface area contributed by atoms with Crippen LogP contribution in [0.2, 0.25) is 5.02 Å². The summed E-state index contributed by atoms with van der Waals surface area (Å²) < 4.78 is 30.6. The second kappa shape index (κ2) is 8.84. The number of rotatable bonds is 7. The summed E-state index contributed by atoms with van der Waals surface area (Å²) in [6.07, 6.45) is 3.79. The Kier molecular flexibility index (Phi) is 6.28. The topological polar surface area (TPSA) is 106 Å². The van der Waals surface area contributed by atoms with Crippen LogP contribution >= 0.6 is 11.6 Å². The lowest BCUT2D eigenvalue weighted by Crippen LogP contribution is -2.50. The van der Waals surface area contributed by atoms with Crippen molar-refractivity contribution >= 4 is 23.4 Å². The fraction of sp³-hybridized carbons (Fsp3) is 0.524. The van der Waals surface area contributed by atoms with Crippen LogP contribution < -0.4 is 11.1 Å². The fourth-order valence-corrected chi connectivity index (χ4v) is 4.29. The van der Waals surface area contributed by atoms with Crippen LogP contribution in [0.4, 0.5) is 8.78 Å². The van der Waals surface area contributed by atoms with Crippen LogP contribution in [0.5, 0.6) is 0 Å². The number of halogens is 3. The molecule has 1 saturated carbocycles. The molecule has 32 heavy (non-hydrogen) atoms. The standard InChI is InChI=1S/C21H25ClF2N6O2/c1-21(4-5-21)7-15(25)19(31)28-20(32)17-6-12(23)8-29(17)9-13-16(30-11-26-10-27-30)3-2-14(22)18(13)24/h2-3,10-12,15,17H,4-9,25H2,1H3,(H,28,31,32)/t12-,15-,17+/m1/s1. The fourth-order valence-electron chi connectivity index (χ4n) is 4.12. The van der Waals surface area contributed by atoms with Gasteiger partial charge in [-0.15, -0.1) is 0 Å². The van der Waals surface area contributed by atoms with Gasteiger partial charge < -0.3 is 5.73 Å². The SMILES string of the molecule is CC1(C[C@@H](N)C(=O)NC(=O)[C@@H]2C[C@@H](F)CN2Cc2c(-n3cncn3)ccc(Cl)c2F)CC1. The molecule has 2 amide bonds. The van der Waals surface area contributed by atoms with Gasteiger partial charge in [0.2, 0.25) is 11.8 Å². The van der Waals surface area contributed by atoms with Crippen molar-refractivity contribution in [2.45, 2.75) is 57.4 Å². The van der Waals surface area contributed by atoms with Crippen molar-refractivity contribution in [1.29, 1.82) is 0 Å². The Hall–Kier alpha value is -2.43. The molecule has 0 spiro atoms. The highest BCUT2D eigenvalue weighted by Crippen LogP contribution is 2.48. The predicted octanol–water partition coefficient (Wildman–Crippen LogP) is 2.13. The number of nitrogens with two attached hydrogens (primary N) is 1. The third-order valence-corrected chi connectivity index (χ3v) is 6.54. The molecule has 0 unspecified atom stereocenters. The van der Waals surface area contributed by atoms with Crippen molar-refractivity contribution < 1.29 is 18.4 Å². The molecule has 1 aromatic carbocycles. The number of imide groups is 1. The zero-order valence-corrected chi connectivity index (χ0v) is 18.4. The lowest BCUT2D eigenvalue weighted by molar-refractivity contribution is -0.134. The maximum Gasteiger partial charge on any atom is 0.244 e. The van der Waals surface area contributed by atoms with Crippen LogP contribution in [-0.2, 0) is 16.1 Å². The third kappa shape index (κ3) is 4.82. The van der Waals surface area contributed by atoms with E-state index >= 15 is 0 Å². The van der Waals surface area contributed by atoms with Gasteiger partial charge in [-0.3, -0.25) is 19.8 Å². The Morgan fingerprint density at radius 1 is 1.41 bits per heavy atom. The Morgan fingerprint density at radius 3 is 2.81 bits per heavy atom. The van der Waals surface area contributed by atoms with Gasteiger partial charge in [0.1, 0.15) is 24.6 Å². The second-order valence-electron chi connectivity index (χ2n) is 8.95. The van der Waals surface area contributed by atoms with Crippen LogP contribution in [0.15, 0.2) is 24.8 Å². The van der Waals surface area contributed by atoms with E-state index in [1.807, 2.05) is 6.92 Å². The van der Waals surface area contributed by atoms with Crippen LogP contribution in [0, 0.1) is 11.2 Å². The summed E-state index contributed by atoms with van der Waals surface area (Å²) >= 11 is 5.97. The number of amides is 2. The monoisotopic (exact) mass is 466 g/mol. The van der Waals surface area contributed by atoms with Crippen LogP contribution in [0.1, 0.15) is 38.2 Å². The number of carbonyl (C=O) groups is 2. The van der Waals surface area contributed by atoms with E-state index in [4.69, 9.17) is 17.3 Å². The summed E-state index contributed by atoms with van der Waals surface area (Å²) in [5.41, 5.74) is 6.53. The van der Waals surface area contributed by atoms with Gasteiger partial charge in [-0.25, -0.2) is 18.4 Å². The van der Waals surface area contributed by atoms with Gasteiger partial charge in [-0.2, -0.15) is 5.10 Å². The van der Waals surface area contributed by atoms with Gasteiger partial charge in [-0.05, 0) is 36.8 Å². The molecular weight excluding hydrogens is 442 g/mol. The van der Waals surface area contributed by atoms with Crippen molar-refractivity contribution in [3.63, 3.8) is 0 Å². The largest absolute Gasteiger partial charge is 0.320 e. The number of hydrogen-bond acceptors (Lipinski definition) is 6. The van der Waals surface area contributed by atoms with Gasteiger partial charge in [-0.1, -0.05) is 18.5 Å². The number of nitrogens with zero attached hydrogens (tertiary/aromatic N) is 4. The van der Waals surface area contributed by atoms with E-state index in [1.165, 1.54) is 28.3 Å². The summed E-state index contributed by atoms with van der Waals surface area (Å²) in [6.45, 7) is 1.86. The quantitative estimate of drug-likeness (QED) is 0.647. The van der Waals surface area contributed by atoms with Crippen LogP contribution in [-0.4, -0.2) is 56.3 Å². The van der Waals surface area contributed by atoms with Crippen molar-refractivity contribution in [3.8, 4) is 5.69 Å². The molecule has 2 fully saturated rings. The predicted molar refractivity (Wildman–Crippen MR) is 113 cm³/mol. The molecule has 1 aliphatic carbocycles. The lowest BCUT2D eigenvalue weighted by atomic mass is 9.99. The number of nitrogens with one attached hydrogen (secondary N) is 1. The summed E-state index contributed by atoms with van der Waals surface area (Å²) in [5.74, 6) is -1.91. The van der Waals surface area contributed by atoms with E-state index < -0.39 is 35.9 Å². The molecule has 11 heteroatoms. The maximum absolute atomic E-state index is 14.9. The van der Waals surface area contributed by atoms with E-state index in [-0.39, 0.29) is 35.5 Å². The second-order valence-corrected chi connectivity index (χ2v) is 9.36. The van der Waals surface area contributed by atoms with Gasteiger partial charge in [0.25, 0.3) is 0 Å². The number of hydrogen-bond donors (Lipinski definition) is 2. The lowest BCUT2D eigenvalue weighted by Gasteiger charge is -2.25. The minimum Gasteiger partial charge on any atom is -0.320 e. The molecule has 0 bridgehead atoms. The first-order valence-electron chi connectivity index (χ1n) is 10.5. The molecule has 1 saturated heterocycles. The minimum atomic E-state index is -1.29. The van der Waals surface area contributed by atoms with E-state index in [0.717, 1.165) is 12.8 Å². The summed E-state index contributed by atoms with van der Waals surface area (Å²) in [6, 6.07) is 1.21. The van der Waals surface area contributed by atoms with Gasteiger partial charge in [0.05, 0.1) is 22.8 Å². The zero-order valence-electron chi connectivity index (χ0n) is 17.6. The summed E-state index contributed by atoms with van der Waals surface area (Å²) in [5, 5.41) is 6.24. The van der Waals surface area contributed by atoms with Crippen molar-refractivity contribution in [1.82, 2.24) is 25.0 Å². The molecule has 8 nitrogen and oxygen atoms in total. The molecule has 4 rings (SSSR count). The van der Waals surface area contributed by atoms with Crippen molar-refractivity contribution in [2.24, 2.45) is 11.1 Å². The highest BCUT2D eigenvalue weighted by Gasteiger charge is 2.42. The summed E-state index contributed by atoms with van der Waals surface area (Å²) in [7, 11) is 0. The first kappa shape index (κ1) is 22.8. The van der Waals surface area contributed by atoms with Crippen LogP contribution in [0.25, 0.3) is 5.69 Å². The van der Waals surface area contributed by atoms with Crippen molar-refractivity contribution in [3.05, 3.63) is 41.2 Å². The van der Waals surface area contributed by atoms with E-state index in [1.54, 1.807) is 6.07 Å². The number of carbonyl (C=O) groups excluding carboxylic acids is 2. The average Bonchev–Trinajstić information content (AvgIpc) is 3.12. The molecule has 3 atom stereocenters. The van der Waals surface area contributed by atoms with E-state index in [0.29, 0.717) is 12.1 Å². The first-order chi connectivity index (χ1) is 15.2. The Labute approximate surface area is 189 Å². The maximum atomic E-state index is 14.9. The summed E-state index contributed by atoms with van der Waals surface area (Å²) in [4.78, 5) is 30.6. The molecule has 3 N–H and O–H groups in total. The molecule has 2 aromatic rings. The highest BCUT2D eigenvalue weighted by molar-refractivity contribution is 6.30. The van der Waals surface area contributed by atoms with Crippen LogP contribution in [0.3, 0.4) is 0 Å². The first-order valence-corrected chi connectivity index (χ1v) is 10.8. The molecule has 1 aromatic heterocycles. The van der Waals surface area contributed by atoms with Gasteiger partial charge >= 0.3 is 0 Å². The third-order valence-electron chi connectivity index (χ3n) is 6.25. The molecule has 172 valence electrons. The zero-order chi connectivity index (χ0) is 23.0. The molecule has 0 radical (unpaired) electrons. The Balaban J connectivity index is 1.50. The normalized spacial score (nSPS) is 23.2. The van der Waals surface area contributed by atoms with Gasteiger partial charge in [0.15, 0.2) is 0 Å². The molecule has 1 aliphatic heterocycles. The van der Waals surface area contributed by atoms with E-state index in [9.17, 15) is 18.4 Å². The van der Waals surface area contributed by atoms with E-state index in [2.05, 4.69) is 15.4 Å². The molecule has 2 heterocycles. The van der Waals surface area contributed by atoms with Gasteiger partial charge in [0, 0.05) is 25.1 Å².